The van der Waals surface area contributed by atoms with Gasteiger partial charge in [0.2, 0.25) is 0 Å². The molecule has 0 saturated carbocycles. The molecule has 0 radical (unpaired) electrons. The number of nitrogens with one attached hydrogen (secondary N) is 2. The van der Waals surface area contributed by atoms with E-state index in [-0.39, 0.29) is 16.1 Å². The lowest BCUT2D eigenvalue weighted by molar-refractivity contribution is 0.102. The summed E-state index contributed by atoms with van der Waals surface area (Å²) in [4.78, 5) is 19.4. The van der Waals surface area contributed by atoms with Crippen LogP contribution in [-0.4, -0.2) is 26.4 Å². The van der Waals surface area contributed by atoms with Gasteiger partial charge in [-0.1, -0.05) is 24.3 Å². The summed E-state index contributed by atoms with van der Waals surface area (Å²) in [6.45, 7) is 4.02. The number of carbonyl (C=O) groups is 1. The molecular weight excluding hydrogens is 527 g/mol. The summed E-state index contributed by atoms with van der Waals surface area (Å²) in [5.74, 6) is 0.126. The van der Waals surface area contributed by atoms with Gasteiger partial charge in [-0.15, -0.1) is 22.7 Å². The zero-order chi connectivity index (χ0) is 26.2. The number of aryl methyl sites for hydroxylation is 1. The summed E-state index contributed by atoms with van der Waals surface area (Å²) in [5.41, 5.74) is 3.23. The number of amides is 1. The van der Waals surface area contributed by atoms with Crippen molar-refractivity contribution >= 4 is 59.5 Å². The molecule has 0 spiro atoms. The lowest BCUT2D eigenvalue weighted by Gasteiger charge is -2.13. The summed E-state index contributed by atoms with van der Waals surface area (Å²) in [5, 5.41) is 4.51. The smallest absolute Gasteiger partial charge is 0.261 e. The van der Waals surface area contributed by atoms with E-state index in [0.717, 1.165) is 31.2 Å². The van der Waals surface area contributed by atoms with Crippen molar-refractivity contribution in [2.45, 2.75) is 18.7 Å². The molecule has 5 rings (SSSR count). The second-order valence-corrected chi connectivity index (χ2v) is 12.2. The monoisotopic (exact) mass is 549 g/mol. The first-order valence-corrected chi connectivity index (χ1v) is 14.4. The summed E-state index contributed by atoms with van der Waals surface area (Å²) in [6, 6.07) is 20.5. The van der Waals surface area contributed by atoms with Gasteiger partial charge in [0.05, 0.1) is 33.5 Å². The normalized spacial score (nSPS) is 11.4. The predicted octanol–water partition coefficient (Wildman–Crippen LogP) is 6.70. The highest BCUT2D eigenvalue weighted by molar-refractivity contribution is 7.92. The van der Waals surface area contributed by atoms with E-state index < -0.39 is 15.9 Å². The Kier molecular flexibility index (Phi) is 6.72. The molecule has 1 amide bonds. The second kappa shape index (κ2) is 9.97. The molecule has 0 aliphatic carbocycles. The van der Waals surface area contributed by atoms with Gasteiger partial charge in [0, 0.05) is 10.4 Å². The average molecular weight is 550 g/mol. The van der Waals surface area contributed by atoms with Gasteiger partial charge in [-0.2, -0.15) is 0 Å². The van der Waals surface area contributed by atoms with Crippen LogP contribution < -0.4 is 14.8 Å². The van der Waals surface area contributed by atoms with E-state index in [1.54, 1.807) is 47.7 Å². The van der Waals surface area contributed by atoms with Gasteiger partial charge >= 0.3 is 0 Å². The number of carbonyl (C=O) groups excluding carboxylic acids is 1. The molecule has 0 aliphatic rings. The van der Waals surface area contributed by atoms with E-state index in [1.165, 1.54) is 30.6 Å². The van der Waals surface area contributed by atoms with Gasteiger partial charge in [0.15, 0.2) is 0 Å². The van der Waals surface area contributed by atoms with E-state index in [2.05, 4.69) is 10.0 Å². The number of hydrogen-bond donors (Lipinski definition) is 2. The maximum Gasteiger partial charge on any atom is 0.261 e. The van der Waals surface area contributed by atoms with Gasteiger partial charge in [-0.3, -0.25) is 9.52 Å². The largest absolute Gasteiger partial charge is 0.497 e. The highest BCUT2D eigenvalue weighted by Crippen LogP contribution is 2.43. The number of thiophene rings is 1. The van der Waals surface area contributed by atoms with Gasteiger partial charge < -0.3 is 10.1 Å². The van der Waals surface area contributed by atoms with E-state index in [1.807, 2.05) is 38.1 Å². The van der Waals surface area contributed by atoms with Crippen LogP contribution in [0.3, 0.4) is 0 Å². The highest BCUT2D eigenvalue weighted by atomic mass is 32.2. The molecule has 188 valence electrons. The topological polar surface area (TPSA) is 97.4 Å². The molecule has 3 aromatic carbocycles. The van der Waals surface area contributed by atoms with Crippen LogP contribution in [0.4, 0.5) is 10.7 Å². The molecule has 2 aromatic heterocycles. The van der Waals surface area contributed by atoms with Crippen LogP contribution in [0.2, 0.25) is 0 Å². The van der Waals surface area contributed by atoms with Crippen LogP contribution in [-0.2, 0) is 10.0 Å². The Bertz CT molecular complexity index is 1690. The minimum Gasteiger partial charge on any atom is -0.497 e. The van der Waals surface area contributed by atoms with Gasteiger partial charge in [-0.25, -0.2) is 13.4 Å². The molecular formula is C27H23N3O4S3. The number of aromatic nitrogens is 1. The van der Waals surface area contributed by atoms with Crippen molar-refractivity contribution in [2.75, 3.05) is 17.1 Å². The van der Waals surface area contributed by atoms with Crippen LogP contribution in [0.15, 0.2) is 77.7 Å². The Morgan fingerprint density at radius 3 is 2.35 bits per heavy atom. The van der Waals surface area contributed by atoms with Crippen molar-refractivity contribution in [3.63, 3.8) is 0 Å². The number of hydrogen-bond acceptors (Lipinski definition) is 7. The molecule has 5 aromatic rings. The van der Waals surface area contributed by atoms with Crippen molar-refractivity contribution < 1.29 is 17.9 Å². The summed E-state index contributed by atoms with van der Waals surface area (Å²) in [7, 11) is -2.42. The molecule has 0 fully saturated rings. The number of benzene rings is 3. The molecule has 0 saturated heterocycles. The number of sulfonamides is 1. The van der Waals surface area contributed by atoms with Crippen molar-refractivity contribution in [3.05, 3.63) is 88.8 Å². The van der Waals surface area contributed by atoms with E-state index in [4.69, 9.17) is 9.72 Å². The molecule has 0 atom stereocenters. The number of methoxy groups -OCH3 is 1. The van der Waals surface area contributed by atoms with Crippen molar-refractivity contribution in [1.29, 1.82) is 0 Å². The first-order valence-electron chi connectivity index (χ1n) is 11.3. The Morgan fingerprint density at radius 1 is 0.919 bits per heavy atom. The number of nitrogens with zero attached hydrogens (tertiary/aromatic N) is 1. The Balaban J connectivity index is 1.46. The van der Waals surface area contributed by atoms with E-state index in [0.29, 0.717) is 10.8 Å². The fourth-order valence-electron chi connectivity index (χ4n) is 3.85. The Hall–Kier alpha value is -3.73. The van der Waals surface area contributed by atoms with Crippen LogP contribution in [0.5, 0.6) is 5.75 Å². The molecule has 10 heteroatoms. The van der Waals surface area contributed by atoms with Crippen LogP contribution in [0, 0.1) is 13.8 Å². The Morgan fingerprint density at radius 2 is 1.62 bits per heavy atom. The summed E-state index contributed by atoms with van der Waals surface area (Å²) < 4.78 is 34.8. The van der Waals surface area contributed by atoms with Crippen LogP contribution in [0.25, 0.3) is 20.8 Å². The summed E-state index contributed by atoms with van der Waals surface area (Å²) >= 11 is 3.04. The lowest BCUT2D eigenvalue weighted by Crippen LogP contribution is -2.18. The van der Waals surface area contributed by atoms with E-state index in [9.17, 15) is 13.2 Å². The van der Waals surface area contributed by atoms with Crippen molar-refractivity contribution in [2.24, 2.45) is 0 Å². The number of para-hydroxylation sites is 2. The maximum atomic E-state index is 13.4. The average Bonchev–Trinajstić information content (AvgIpc) is 3.43. The standard InChI is InChI=1S/C27H23N3O4S3/c1-16-17(2)35-27(24(16)26-28-22-10-6-7-11-23(22)36-26)29-25(31)20-8-4-5-9-21(20)30-37(32,33)19-14-12-18(34-3)13-15-19/h4-15,30H,1-3H3,(H,29,31). The fraction of sp³-hybridized carbons (Fsp3) is 0.111. The summed E-state index contributed by atoms with van der Waals surface area (Å²) in [6.07, 6.45) is 0. The third-order valence-electron chi connectivity index (χ3n) is 5.91. The molecule has 0 bridgehead atoms. The molecule has 2 N–H and O–H groups in total. The van der Waals surface area contributed by atoms with Gasteiger partial charge in [0.25, 0.3) is 15.9 Å². The quantitative estimate of drug-likeness (QED) is 0.235. The fourth-order valence-corrected chi connectivity index (χ4v) is 7.13. The van der Waals surface area contributed by atoms with Crippen LogP contribution in [0.1, 0.15) is 20.8 Å². The molecule has 37 heavy (non-hydrogen) atoms. The minimum atomic E-state index is -3.93. The maximum absolute atomic E-state index is 13.4. The molecule has 2 heterocycles. The van der Waals surface area contributed by atoms with Gasteiger partial charge in [0.1, 0.15) is 15.8 Å². The predicted molar refractivity (Wildman–Crippen MR) is 151 cm³/mol. The number of anilines is 2. The van der Waals surface area contributed by atoms with Crippen molar-refractivity contribution in [3.8, 4) is 16.3 Å². The SMILES string of the molecule is COc1ccc(S(=O)(=O)Nc2ccccc2C(=O)Nc2sc(C)c(C)c2-c2nc3ccccc3s2)cc1. The molecule has 7 nitrogen and oxygen atoms in total. The van der Waals surface area contributed by atoms with E-state index >= 15 is 0 Å². The zero-order valence-corrected chi connectivity index (χ0v) is 22.7. The zero-order valence-electron chi connectivity index (χ0n) is 20.2. The number of rotatable bonds is 7. The van der Waals surface area contributed by atoms with Gasteiger partial charge in [-0.05, 0) is 67.9 Å². The first kappa shape index (κ1) is 24.9. The number of ether oxygens (including phenoxy) is 1. The number of thiazole rings is 1. The second-order valence-electron chi connectivity index (χ2n) is 8.25. The Labute approximate surface area is 222 Å². The third kappa shape index (κ3) is 4.95. The number of fused-ring (bicyclic) bond motifs is 1. The van der Waals surface area contributed by atoms with Crippen LogP contribution >= 0.6 is 22.7 Å². The first-order chi connectivity index (χ1) is 17.8. The third-order valence-corrected chi connectivity index (χ3v) is 9.46. The molecule has 0 aliphatic heterocycles. The lowest BCUT2D eigenvalue weighted by atomic mass is 10.1. The molecule has 0 unspecified atom stereocenters. The highest BCUT2D eigenvalue weighted by Gasteiger charge is 2.23. The minimum absolute atomic E-state index is 0.0612. The van der Waals surface area contributed by atoms with Crippen molar-refractivity contribution in [1.82, 2.24) is 4.98 Å².